The molecule has 1 aromatic rings. The predicted octanol–water partition coefficient (Wildman–Crippen LogP) is 0.845. The number of nitrogens with zero attached hydrogens (tertiary/aromatic N) is 2. The number of ether oxygens (including phenoxy) is 1. The lowest BCUT2D eigenvalue weighted by molar-refractivity contribution is 0.0713. The van der Waals surface area contributed by atoms with E-state index < -0.39 is 0 Å². The highest BCUT2D eigenvalue weighted by atomic mass is 16.5. The highest BCUT2D eigenvalue weighted by Crippen LogP contribution is 1.88. The first-order valence-electron chi connectivity index (χ1n) is 5.98. The van der Waals surface area contributed by atoms with E-state index >= 15 is 0 Å². The number of aromatic nitrogens is 2. The molecule has 0 saturated heterocycles. The molecule has 1 aromatic heterocycles. The van der Waals surface area contributed by atoms with Gasteiger partial charge in [-0.25, -0.2) is 4.79 Å². The largest absolute Gasteiger partial charge is 0.377 e. The second kappa shape index (κ2) is 6.39. The van der Waals surface area contributed by atoms with Crippen LogP contribution in [0.15, 0.2) is 21.9 Å². The Kier molecular flexibility index (Phi) is 5.15. The van der Waals surface area contributed by atoms with E-state index in [1.165, 1.54) is 10.6 Å². The fraction of sp³-hybridized carbons (Fsp3) is 0.667. The molecular weight excluding hydrogens is 220 g/mol. The maximum absolute atomic E-state index is 11.9. The quantitative estimate of drug-likeness (QED) is 0.740. The molecule has 0 radical (unpaired) electrons. The van der Waals surface area contributed by atoms with Crippen LogP contribution in [0.4, 0.5) is 0 Å². The number of hydrogen-bond acceptors (Lipinski definition) is 3. The zero-order chi connectivity index (χ0) is 12.8. The second-order valence-electron chi connectivity index (χ2n) is 4.20. The van der Waals surface area contributed by atoms with Crippen LogP contribution in [0.1, 0.15) is 27.2 Å². The highest BCUT2D eigenvalue weighted by molar-refractivity contribution is 4.86. The molecule has 1 heterocycles. The van der Waals surface area contributed by atoms with Crippen molar-refractivity contribution < 1.29 is 4.74 Å². The van der Waals surface area contributed by atoms with Crippen LogP contribution in [0.5, 0.6) is 0 Å². The first kappa shape index (κ1) is 13.7. The molecule has 0 aliphatic carbocycles. The fourth-order valence-electron chi connectivity index (χ4n) is 1.55. The van der Waals surface area contributed by atoms with Gasteiger partial charge in [0.15, 0.2) is 0 Å². The Balaban J connectivity index is 2.86. The second-order valence-corrected chi connectivity index (χ2v) is 4.20. The summed E-state index contributed by atoms with van der Waals surface area (Å²) in [7, 11) is 0. The molecule has 0 bridgehead atoms. The van der Waals surface area contributed by atoms with E-state index in [-0.39, 0.29) is 17.4 Å². The van der Waals surface area contributed by atoms with Gasteiger partial charge in [0, 0.05) is 18.8 Å². The summed E-state index contributed by atoms with van der Waals surface area (Å²) in [6, 6.07) is 1.42. The molecule has 0 unspecified atom stereocenters. The van der Waals surface area contributed by atoms with Crippen LogP contribution >= 0.6 is 0 Å². The van der Waals surface area contributed by atoms with Gasteiger partial charge >= 0.3 is 5.69 Å². The van der Waals surface area contributed by atoms with Crippen molar-refractivity contribution in [3.63, 3.8) is 0 Å². The van der Waals surface area contributed by atoms with Crippen molar-refractivity contribution in [3.05, 3.63) is 33.1 Å². The van der Waals surface area contributed by atoms with Crippen LogP contribution < -0.4 is 11.2 Å². The van der Waals surface area contributed by atoms with Gasteiger partial charge in [0.25, 0.3) is 5.56 Å². The van der Waals surface area contributed by atoms with Crippen LogP contribution in [-0.2, 0) is 17.8 Å². The Hall–Kier alpha value is -1.36. The van der Waals surface area contributed by atoms with Gasteiger partial charge in [-0.1, -0.05) is 6.92 Å². The topological polar surface area (TPSA) is 53.2 Å². The van der Waals surface area contributed by atoms with E-state index in [0.29, 0.717) is 19.7 Å². The molecule has 17 heavy (non-hydrogen) atoms. The van der Waals surface area contributed by atoms with Gasteiger partial charge in [-0.15, -0.1) is 0 Å². The summed E-state index contributed by atoms with van der Waals surface area (Å²) in [5.74, 6) is 0. The monoisotopic (exact) mass is 240 g/mol. The molecule has 0 saturated carbocycles. The molecule has 5 nitrogen and oxygen atoms in total. The summed E-state index contributed by atoms with van der Waals surface area (Å²) in [4.78, 5) is 23.5. The molecule has 0 amide bonds. The normalized spacial score (nSPS) is 11.1. The maximum atomic E-state index is 11.9. The minimum atomic E-state index is -0.269. The standard InChI is InChI=1S/C12H20N2O3/c1-4-6-13-7-5-11(15)14(12(13)16)8-9-17-10(2)3/h5,7,10H,4,6,8-9H2,1-3H3. The Labute approximate surface area is 101 Å². The van der Waals surface area contributed by atoms with Crippen LogP contribution in [-0.4, -0.2) is 21.8 Å². The average molecular weight is 240 g/mol. The molecule has 5 heteroatoms. The lowest BCUT2D eigenvalue weighted by atomic mass is 10.4. The number of aryl methyl sites for hydroxylation is 1. The molecule has 0 aliphatic rings. The Morgan fingerprint density at radius 1 is 1.29 bits per heavy atom. The smallest absolute Gasteiger partial charge is 0.331 e. The third-order valence-corrected chi connectivity index (χ3v) is 2.37. The molecule has 0 fully saturated rings. The third-order valence-electron chi connectivity index (χ3n) is 2.37. The van der Waals surface area contributed by atoms with Crippen LogP contribution in [0.3, 0.4) is 0 Å². The molecule has 96 valence electrons. The Morgan fingerprint density at radius 3 is 2.59 bits per heavy atom. The van der Waals surface area contributed by atoms with E-state index in [4.69, 9.17) is 4.74 Å². The van der Waals surface area contributed by atoms with Gasteiger partial charge in [-0.05, 0) is 20.3 Å². The molecule has 0 aromatic carbocycles. The Morgan fingerprint density at radius 2 is 2.00 bits per heavy atom. The van der Waals surface area contributed by atoms with Crippen molar-refractivity contribution >= 4 is 0 Å². The SMILES string of the molecule is CCCn1ccc(=O)n(CCOC(C)C)c1=O. The zero-order valence-electron chi connectivity index (χ0n) is 10.7. The molecular formula is C12H20N2O3. The van der Waals surface area contributed by atoms with Crippen molar-refractivity contribution in [3.8, 4) is 0 Å². The average Bonchev–Trinajstić information content (AvgIpc) is 2.27. The maximum Gasteiger partial charge on any atom is 0.331 e. The van der Waals surface area contributed by atoms with Gasteiger partial charge in [0.1, 0.15) is 0 Å². The molecule has 0 N–H and O–H groups in total. The van der Waals surface area contributed by atoms with Gasteiger partial charge < -0.3 is 9.30 Å². The summed E-state index contributed by atoms with van der Waals surface area (Å²) in [6.07, 6.45) is 2.52. The fourth-order valence-corrected chi connectivity index (χ4v) is 1.55. The first-order valence-corrected chi connectivity index (χ1v) is 5.98. The summed E-state index contributed by atoms with van der Waals surface area (Å²) in [6.45, 7) is 7.14. The highest BCUT2D eigenvalue weighted by Gasteiger charge is 2.04. The van der Waals surface area contributed by atoms with Crippen LogP contribution in [0, 0.1) is 0 Å². The first-order chi connectivity index (χ1) is 8.06. The van der Waals surface area contributed by atoms with Crippen molar-refractivity contribution in [1.82, 2.24) is 9.13 Å². The lowest BCUT2D eigenvalue weighted by Crippen LogP contribution is -2.40. The van der Waals surface area contributed by atoms with E-state index in [2.05, 4.69) is 0 Å². The lowest BCUT2D eigenvalue weighted by Gasteiger charge is -2.10. The van der Waals surface area contributed by atoms with Gasteiger partial charge in [-0.2, -0.15) is 0 Å². The van der Waals surface area contributed by atoms with Gasteiger partial charge in [-0.3, -0.25) is 9.36 Å². The summed E-state index contributed by atoms with van der Waals surface area (Å²) in [5.41, 5.74) is -0.526. The van der Waals surface area contributed by atoms with Crippen molar-refractivity contribution in [2.45, 2.75) is 46.4 Å². The van der Waals surface area contributed by atoms with Crippen molar-refractivity contribution in [2.24, 2.45) is 0 Å². The molecule has 1 rings (SSSR count). The third kappa shape index (κ3) is 3.85. The zero-order valence-corrected chi connectivity index (χ0v) is 10.7. The number of hydrogen-bond donors (Lipinski definition) is 0. The summed E-state index contributed by atoms with van der Waals surface area (Å²) in [5, 5.41) is 0. The van der Waals surface area contributed by atoms with Gasteiger partial charge in [0.2, 0.25) is 0 Å². The van der Waals surface area contributed by atoms with E-state index in [0.717, 1.165) is 6.42 Å². The minimum Gasteiger partial charge on any atom is -0.377 e. The van der Waals surface area contributed by atoms with Crippen LogP contribution in [0.25, 0.3) is 0 Å². The molecule has 0 atom stereocenters. The van der Waals surface area contributed by atoms with E-state index in [9.17, 15) is 9.59 Å². The number of rotatable bonds is 6. The minimum absolute atomic E-state index is 0.104. The summed E-state index contributed by atoms with van der Waals surface area (Å²) < 4.78 is 8.12. The Bertz CT molecular complexity index is 460. The van der Waals surface area contributed by atoms with Crippen molar-refractivity contribution in [1.29, 1.82) is 0 Å². The van der Waals surface area contributed by atoms with Crippen molar-refractivity contribution in [2.75, 3.05) is 6.61 Å². The summed E-state index contributed by atoms with van der Waals surface area (Å²) >= 11 is 0. The van der Waals surface area contributed by atoms with Gasteiger partial charge in [0.05, 0.1) is 19.3 Å². The van der Waals surface area contributed by atoms with Crippen LogP contribution in [0.2, 0.25) is 0 Å². The molecule has 0 spiro atoms. The molecule has 0 aliphatic heterocycles. The van der Waals surface area contributed by atoms with E-state index in [1.807, 2.05) is 20.8 Å². The predicted molar refractivity (Wildman–Crippen MR) is 66.3 cm³/mol. The van der Waals surface area contributed by atoms with E-state index in [1.54, 1.807) is 10.8 Å².